The number of fused-ring (bicyclic) bond motifs is 1. The predicted molar refractivity (Wildman–Crippen MR) is 72.3 cm³/mol. The number of nitrogens with one attached hydrogen (secondary N) is 2. The maximum absolute atomic E-state index is 11.2. The van der Waals surface area contributed by atoms with E-state index in [-0.39, 0.29) is 12.3 Å². The summed E-state index contributed by atoms with van der Waals surface area (Å²) in [7, 11) is 0. The average Bonchev–Trinajstić information content (AvgIpc) is 2.81. The first kappa shape index (κ1) is 13.4. The van der Waals surface area contributed by atoms with E-state index in [1.165, 1.54) is 0 Å². The van der Waals surface area contributed by atoms with Gasteiger partial charge in [0.2, 0.25) is 5.91 Å². The molecule has 1 amide bonds. The minimum Gasteiger partial charge on any atom is -0.480 e. The van der Waals surface area contributed by atoms with Gasteiger partial charge in [0.15, 0.2) is 0 Å². The maximum Gasteiger partial charge on any atom is 0.326 e. The Labute approximate surface area is 114 Å². The summed E-state index contributed by atoms with van der Waals surface area (Å²) in [5.74, 6) is -1.82. The first-order valence-electron chi connectivity index (χ1n) is 5.75. The number of carboxylic acid groups (broad SMARTS) is 1. The Hall–Kier alpha value is -2.01. The molecule has 1 aromatic carbocycles. The fourth-order valence-corrected chi connectivity index (χ4v) is 2.03. The van der Waals surface area contributed by atoms with Crippen molar-refractivity contribution in [2.75, 3.05) is 5.88 Å². The number of rotatable bonds is 5. The number of carboxylic acids is 1. The third-order valence-corrected chi connectivity index (χ3v) is 3.10. The lowest BCUT2D eigenvalue weighted by Gasteiger charge is -2.13. The minimum absolute atomic E-state index is 0.210. The maximum atomic E-state index is 11.2. The highest BCUT2D eigenvalue weighted by Gasteiger charge is 2.21. The number of para-hydroxylation sites is 1. The lowest BCUT2D eigenvalue weighted by atomic mass is 10.1. The summed E-state index contributed by atoms with van der Waals surface area (Å²) in [6.45, 7) is 0. The molecule has 0 spiro atoms. The van der Waals surface area contributed by atoms with E-state index in [0.29, 0.717) is 0 Å². The van der Waals surface area contributed by atoms with E-state index in [2.05, 4.69) is 10.3 Å². The Kier molecular flexibility index (Phi) is 4.06. The largest absolute Gasteiger partial charge is 0.480 e. The summed E-state index contributed by atoms with van der Waals surface area (Å²) in [5.41, 5.74) is 1.78. The molecule has 2 rings (SSSR count). The van der Waals surface area contributed by atoms with E-state index < -0.39 is 17.9 Å². The van der Waals surface area contributed by atoms with Crippen LogP contribution in [0.4, 0.5) is 0 Å². The van der Waals surface area contributed by atoms with Crippen LogP contribution in [0.1, 0.15) is 5.56 Å². The minimum atomic E-state index is -1.08. The molecular weight excluding hydrogens is 268 g/mol. The summed E-state index contributed by atoms with van der Waals surface area (Å²) in [6, 6.07) is 6.61. The normalized spacial score (nSPS) is 12.3. The van der Waals surface area contributed by atoms with Gasteiger partial charge in [0.05, 0.1) is 0 Å². The van der Waals surface area contributed by atoms with E-state index >= 15 is 0 Å². The third-order valence-electron chi connectivity index (χ3n) is 2.85. The van der Waals surface area contributed by atoms with Crippen molar-refractivity contribution in [2.45, 2.75) is 12.5 Å². The summed E-state index contributed by atoms with van der Waals surface area (Å²) >= 11 is 5.37. The fraction of sp³-hybridized carbons (Fsp3) is 0.231. The number of aromatic nitrogens is 1. The zero-order chi connectivity index (χ0) is 13.8. The third kappa shape index (κ3) is 3.06. The van der Waals surface area contributed by atoms with E-state index in [9.17, 15) is 9.59 Å². The van der Waals surface area contributed by atoms with Crippen molar-refractivity contribution in [1.82, 2.24) is 10.3 Å². The molecule has 0 radical (unpaired) electrons. The molecule has 2 aromatic rings. The first-order valence-corrected chi connectivity index (χ1v) is 6.28. The molecule has 1 heterocycles. The zero-order valence-corrected chi connectivity index (χ0v) is 10.8. The van der Waals surface area contributed by atoms with Gasteiger partial charge >= 0.3 is 5.97 Å². The van der Waals surface area contributed by atoms with Crippen molar-refractivity contribution in [3.8, 4) is 0 Å². The van der Waals surface area contributed by atoms with Crippen LogP contribution in [0.2, 0.25) is 0 Å². The standard InChI is InChI=1S/C13H13ClN2O3/c14-6-12(17)16-11(13(18)19)5-8-7-15-10-4-2-1-3-9(8)10/h1-4,7,11,15H,5-6H2,(H,16,17)(H,18,19)/t11-/m1/s1. The van der Waals surface area contributed by atoms with Crippen molar-refractivity contribution in [2.24, 2.45) is 0 Å². The number of hydrogen-bond donors (Lipinski definition) is 3. The van der Waals surface area contributed by atoms with Crippen LogP contribution >= 0.6 is 11.6 Å². The molecule has 6 heteroatoms. The number of benzene rings is 1. The van der Waals surface area contributed by atoms with Crippen LogP contribution < -0.4 is 5.32 Å². The molecule has 5 nitrogen and oxygen atoms in total. The Morgan fingerprint density at radius 1 is 1.37 bits per heavy atom. The second kappa shape index (κ2) is 5.75. The van der Waals surface area contributed by atoms with Crippen LogP contribution in [0, 0.1) is 0 Å². The van der Waals surface area contributed by atoms with Crippen LogP contribution in [-0.4, -0.2) is 33.9 Å². The molecule has 0 aliphatic carbocycles. The Balaban J connectivity index is 2.21. The monoisotopic (exact) mass is 280 g/mol. The fourth-order valence-electron chi connectivity index (χ4n) is 1.95. The number of alkyl halides is 1. The summed E-state index contributed by atoms with van der Waals surface area (Å²) in [5, 5.41) is 12.5. The van der Waals surface area contributed by atoms with Gasteiger partial charge in [0.1, 0.15) is 11.9 Å². The molecule has 0 saturated heterocycles. The zero-order valence-electron chi connectivity index (χ0n) is 10.0. The van der Waals surface area contributed by atoms with Crippen molar-refractivity contribution in [1.29, 1.82) is 0 Å². The number of aromatic amines is 1. The number of hydrogen-bond acceptors (Lipinski definition) is 2. The van der Waals surface area contributed by atoms with E-state index in [1.54, 1.807) is 6.20 Å². The van der Waals surface area contributed by atoms with Crippen LogP contribution in [0.25, 0.3) is 10.9 Å². The number of amides is 1. The number of carbonyl (C=O) groups is 2. The Morgan fingerprint density at radius 2 is 2.11 bits per heavy atom. The molecule has 1 atom stereocenters. The number of halogens is 1. The van der Waals surface area contributed by atoms with Crippen LogP contribution in [-0.2, 0) is 16.0 Å². The highest BCUT2D eigenvalue weighted by Crippen LogP contribution is 2.19. The quantitative estimate of drug-likeness (QED) is 0.726. The van der Waals surface area contributed by atoms with E-state index in [1.807, 2.05) is 24.3 Å². The second-order valence-corrected chi connectivity index (χ2v) is 4.42. The number of aliphatic carboxylic acids is 1. The van der Waals surface area contributed by atoms with E-state index in [4.69, 9.17) is 16.7 Å². The molecule has 100 valence electrons. The SMILES string of the molecule is O=C(CCl)N[C@H](Cc1c[nH]c2ccccc12)C(=O)O. The number of carbonyl (C=O) groups excluding carboxylic acids is 1. The average molecular weight is 281 g/mol. The van der Waals surface area contributed by atoms with Crippen molar-refractivity contribution in [3.05, 3.63) is 36.0 Å². The van der Waals surface area contributed by atoms with Crippen LogP contribution in [0.3, 0.4) is 0 Å². The van der Waals surface area contributed by atoms with Crippen molar-refractivity contribution in [3.63, 3.8) is 0 Å². The van der Waals surface area contributed by atoms with Crippen LogP contribution in [0.5, 0.6) is 0 Å². The molecule has 0 fully saturated rings. The van der Waals surface area contributed by atoms with Crippen molar-refractivity contribution >= 4 is 34.4 Å². The summed E-state index contributed by atoms with van der Waals surface area (Å²) in [6.07, 6.45) is 1.97. The highest BCUT2D eigenvalue weighted by molar-refractivity contribution is 6.27. The molecular formula is C13H13ClN2O3. The van der Waals surface area contributed by atoms with Gasteiger partial charge in [-0.25, -0.2) is 4.79 Å². The predicted octanol–water partition coefficient (Wildman–Crippen LogP) is 1.52. The van der Waals surface area contributed by atoms with Crippen LogP contribution in [0.15, 0.2) is 30.5 Å². The van der Waals surface area contributed by atoms with Gasteiger partial charge in [-0.3, -0.25) is 4.79 Å². The van der Waals surface area contributed by atoms with Crippen molar-refractivity contribution < 1.29 is 14.7 Å². The topological polar surface area (TPSA) is 82.2 Å². The summed E-state index contributed by atoms with van der Waals surface area (Å²) in [4.78, 5) is 25.4. The first-order chi connectivity index (χ1) is 9.11. The Morgan fingerprint density at radius 3 is 2.79 bits per heavy atom. The lowest BCUT2D eigenvalue weighted by Crippen LogP contribution is -2.42. The second-order valence-electron chi connectivity index (χ2n) is 4.16. The van der Waals surface area contributed by atoms with Gasteiger partial charge in [0, 0.05) is 23.5 Å². The summed E-state index contributed by atoms with van der Waals surface area (Å²) < 4.78 is 0. The molecule has 1 aromatic heterocycles. The lowest BCUT2D eigenvalue weighted by molar-refractivity contribution is -0.141. The van der Waals surface area contributed by atoms with E-state index in [0.717, 1.165) is 16.5 Å². The molecule has 0 aliphatic heterocycles. The molecule has 3 N–H and O–H groups in total. The number of H-pyrrole nitrogens is 1. The molecule has 0 bridgehead atoms. The molecule has 19 heavy (non-hydrogen) atoms. The van der Waals surface area contributed by atoms with Gasteiger partial charge in [-0.05, 0) is 11.6 Å². The van der Waals surface area contributed by atoms with Gasteiger partial charge in [-0.2, -0.15) is 0 Å². The van der Waals surface area contributed by atoms with Gasteiger partial charge in [0.25, 0.3) is 0 Å². The van der Waals surface area contributed by atoms with Gasteiger partial charge in [-0.15, -0.1) is 11.6 Å². The molecule has 0 unspecified atom stereocenters. The highest BCUT2D eigenvalue weighted by atomic mass is 35.5. The molecule has 0 saturated carbocycles. The van der Waals surface area contributed by atoms with Gasteiger partial charge in [-0.1, -0.05) is 18.2 Å². The molecule has 0 aliphatic rings. The van der Waals surface area contributed by atoms with Gasteiger partial charge < -0.3 is 15.4 Å². The smallest absolute Gasteiger partial charge is 0.326 e. The Bertz CT molecular complexity index is 609.